The van der Waals surface area contributed by atoms with Crippen LogP contribution in [0.4, 0.5) is 5.69 Å². The average Bonchev–Trinajstić information content (AvgIpc) is 2.66. The Kier molecular flexibility index (Phi) is 6.39. The van der Waals surface area contributed by atoms with Crippen LogP contribution in [-0.2, 0) is 9.53 Å². The van der Waals surface area contributed by atoms with Crippen molar-refractivity contribution in [1.29, 1.82) is 0 Å². The molecule has 1 atom stereocenters. The second-order valence-corrected chi connectivity index (χ2v) is 5.25. The number of hydrogen-bond donors (Lipinski definition) is 1. The van der Waals surface area contributed by atoms with E-state index in [9.17, 15) is 9.59 Å². The number of carbonyl (C=O) groups excluding carboxylic acids is 2. The fraction of sp³-hybridized carbons (Fsp3) is 0.263. The van der Waals surface area contributed by atoms with E-state index in [1.54, 1.807) is 55.6 Å². The van der Waals surface area contributed by atoms with Gasteiger partial charge in [-0.15, -0.1) is 0 Å². The summed E-state index contributed by atoms with van der Waals surface area (Å²) in [7, 11) is 2.89. The Bertz CT molecular complexity index is 727. The number of nitrogens with one attached hydrogen (secondary N) is 1. The minimum Gasteiger partial charge on any atom is -0.497 e. The zero-order chi connectivity index (χ0) is 18.2. The summed E-state index contributed by atoms with van der Waals surface area (Å²) in [6, 6.07) is 13.5. The Balaban J connectivity index is 2.02. The highest BCUT2D eigenvalue weighted by Gasteiger charge is 2.19. The van der Waals surface area contributed by atoms with Gasteiger partial charge in [-0.1, -0.05) is 13.0 Å². The first kappa shape index (κ1) is 18.3. The van der Waals surface area contributed by atoms with E-state index >= 15 is 0 Å². The second kappa shape index (κ2) is 8.73. The van der Waals surface area contributed by atoms with Crippen molar-refractivity contribution < 1.29 is 23.8 Å². The largest absolute Gasteiger partial charge is 0.497 e. The Morgan fingerprint density at radius 3 is 2.32 bits per heavy atom. The first-order valence-corrected chi connectivity index (χ1v) is 7.87. The quantitative estimate of drug-likeness (QED) is 0.781. The summed E-state index contributed by atoms with van der Waals surface area (Å²) >= 11 is 0. The Morgan fingerprint density at radius 1 is 1.04 bits per heavy atom. The predicted octanol–water partition coefficient (Wildman–Crippen LogP) is 3.28. The van der Waals surface area contributed by atoms with Gasteiger partial charge in [0, 0.05) is 11.8 Å². The van der Waals surface area contributed by atoms with Crippen molar-refractivity contribution in [1.82, 2.24) is 0 Å². The molecule has 0 saturated heterocycles. The lowest BCUT2D eigenvalue weighted by Gasteiger charge is -2.17. The topological polar surface area (TPSA) is 73.9 Å². The van der Waals surface area contributed by atoms with Crippen LogP contribution in [0.1, 0.15) is 23.7 Å². The average molecular weight is 343 g/mol. The van der Waals surface area contributed by atoms with Crippen molar-refractivity contribution in [3.63, 3.8) is 0 Å². The summed E-state index contributed by atoms with van der Waals surface area (Å²) in [5.74, 6) is 0.523. The molecule has 0 saturated carbocycles. The number of anilines is 1. The normalized spacial score (nSPS) is 11.3. The monoisotopic (exact) mass is 343 g/mol. The number of ether oxygens (including phenoxy) is 3. The smallest absolute Gasteiger partial charge is 0.337 e. The number of amides is 1. The van der Waals surface area contributed by atoms with Crippen molar-refractivity contribution in [2.45, 2.75) is 19.4 Å². The molecular formula is C19H21NO5. The van der Waals surface area contributed by atoms with Crippen molar-refractivity contribution in [3.05, 3.63) is 54.1 Å². The van der Waals surface area contributed by atoms with Crippen molar-refractivity contribution >= 4 is 17.6 Å². The summed E-state index contributed by atoms with van der Waals surface area (Å²) in [6.45, 7) is 1.87. The third kappa shape index (κ3) is 4.97. The van der Waals surface area contributed by atoms with Crippen LogP contribution in [0.25, 0.3) is 0 Å². The highest BCUT2D eigenvalue weighted by atomic mass is 16.5. The van der Waals surface area contributed by atoms with E-state index in [0.29, 0.717) is 29.2 Å². The third-order valence-corrected chi connectivity index (χ3v) is 3.56. The maximum absolute atomic E-state index is 12.4. The molecule has 25 heavy (non-hydrogen) atoms. The zero-order valence-corrected chi connectivity index (χ0v) is 14.4. The van der Waals surface area contributed by atoms with Crippen LogP contribution in [0, 0.1) is 0 Å². The molecule has 0 heterocycles. The van der Waals surface area contributed by atoms with Crippen LogP contribution in [0.2, 0.25) is 0 Å². The zero-order valence-electron chi connectivity index (χ0n) is 14.4. The Hall–Kier alpha value is -3.02. The molecule has 2 aromatic carbocycles. The Labute approximate surface area is 146 Å². The fourth-order valence-corrected chi connectivity index (χ4v) is 2.19. The van der Waals surface area contributed by atoms with Gasteiger partial charge < -0.3 is 19.5 Å². The summed E-state index contributed by atoms with van der Waals surface area (Å²) in [5.41, 5.74) is 0.991. The van der Waals surface area contributed by atoms with Gasteiger partial charge in [0.05, 0.1) is 19.8 Å². The molecule has 0 aromatic heterocycles. The standard InChI is InChI=1S/C19H21NO5/c1-4-17(25-16-7-5-6-15(12-16)23-2)18(21)20-14-10-8-13(9-11-14)19(22)24-3/h5-12,17H,4H2,1-3H3,(H,20,21)/t17-/m1/s1. The highest BCUT2D eigenvalue weighted by Crippen LogP contribution is 2.21. The molecule has 132 valence electrons. The maximum atomic E-state index is 12.4. The van der Waals surface area contributed by atoms with Gasteiger partial charge in [0.15, 0.2) is 6.10 Å². The van der Waals surface area contributed by atoms with Gasteiger partial charge in [-0.05, 0) is 42.8 Å². The SMILES string of the molecule is CC[C@@H](Oc1cccc(OC)c1)C(=O)Nc1ccc(C(=O)OC)cc1. The molecule has 0 aliphatic heterocycles. The molecule has 2 rings (SSSR count). The van der Waals surface area contributed by atoms with E-state index in [2.05, 4.69) is 10.1 Å². The molecule has 0 unspecified atom stereocenters. The van der Waals surface area contributed by atoms with E-state index in [4.69, 9.17) is 9.47 Å². The van der Waals surface area contributed by atoms with Crippen LogP contribution in [0.15, 0.2) is 48.5 Å². The van der Waals surface area contributed by atoms with Gasteiger partial charge >= 0.3 is 5.97 Å². The fourth-order valence-electron chi connectivity index (χ4n) is 2.19. The van der Waals surface area contributed by atoms with E-state index in [1.165, 1.54) is 7.11 Å². The molecular weight excluding hydrogens is 322 g/mol. The summed E-state index contributed by atoms with van der Waals surface area (Å²) < 4.78 is 15.5. The highest BCUT2D eigenvalue weighted by molar-refractivity contribution is 5.95. The number of rotatable bonds is 7. The van der Waals surface area contributed by atoms with Crippen LogP contribution < -0.4 is 14.8 Å². The Morgan fingerprint density at radius 2 is 1.72 bits per heavy atom. The van der Waals surface area contributed by atoms with Gasteiger partial charge in [-0.2, -0.15) is 0 Å². The van der Waals surface area contributed by atoms with Gasteiger partial charge in [0.25, 0.3) is 5.91 Å². The van der Waals surface area contributed by atoms with Gasteiger partial charge in [-0.3, -0.25) is 4.79 Å². The van der Waals surface area contributed by atoms with Crippen molar-refractivity contribution in [2.24, 2.45) is 0 Å². The first-order valence-electron chi connectivity index (χ1n) is 7.87. The molecule has 1 amide bonds. The second-order valence-electron chi connectivity index (χ2n) is 5.25. The van der Waals surface area contributed by atoms with Gasteiger partial charge in [0.1, 0.15) is 11.5 Å². The van der Waals surface area contributed by atoms with E-state index in [-0.39, 0.29) is 5.91 Å². The number of esters is 1. The van der Waals surface area contributed by atoms with E-state index < -0.39 is 12.1 Å². The summed E-state index contributed by atoms with van der Waals surface area (Å²) in [4.78, 5) is 23.8. The lowest BCUT2D eigenvalue weighted by atomic mass is 10.2. The first-order chi connectivity index (χ1) is 12.1. The lowest BCUT2D eigenvalue weighted by molar-refractivity contribution is -0.122. The minimum atomic E-state index is -0.646. The molecule has 0 aliphatic rings. The number of methoxy groups -OCH3 is 2. The molecule has 0 bridgehead atoms. The lowest BCUT2D eigenvalue weighted by Crippen LogP contribution is -2.32. The molecule has 0 spiro atoms. The number of hydrogen-bond acceptors (Lipinski definition) is 5. The molecule has 2 aromatic rings. The van der Waals surface area contributed by atoms with E-state index in [0.717, 1.165) is 0 Å². The maximum Gasteiger partial charge on any atom is 0.337 e. The predicted molar refractivity (Wildman–Crippen MR) is 94.1 cm³/mol. The summed E-state index contributed by atoms with van der Waals surface area (Å²) in [5, 5.41) is 2.78. The molecule has 6 heteroatoms. The van der Waals surface area contributed by atoms with Crippen molar-refractivity contribution in [3.8, 4) is 11.5 Å². The van der Waals surface area contributed by atoms with Crippen LogP contribution in [0.5, 0.6) is 11.5 Å². The van der Waals surface area contributed by atoms with Crippen LogP contribution in [-0.4, -0.2) is 32.2 Å². The molecule has 6 nitrogen and oxygen atoms in total. The van der Waals surface area contributed by atoms with Crippen LogP contribution in [0.3, 0.4) is 0 Å². The van der Waals surface area contributed by atoms with Crippen LogP contribution >= 0.6 is 0 Å². The van der Waals surface area contributed by atoms with Crippen molar-refractivity contribution in [2.75, 3.05) is 19.5 Å². The van der Waals surface area contributed by atoms with Gasteiger partial charge in [-0.25, -0.2) is 4.79 Å². The van der Waals surface area contributed by atoms with E-state index in [1.807, 2.05) is 6.92 Å². The molecule has 0 aliphatic carbocycles. The van der Waals surface area contributed by atoms with Gasteiger partial charge in [0.2, 0.25) is 0 Å². The summed E-state index contributed by atoms with van der Waals surface area (Å²) in [6.07, 6.45) is -0.143. The molecule has 0 radical (unpaired) electrons. The molecule has 1 N–H and O–H groups in total. The number of benzene rings is 2. The third-order valence-electron chi connectivity index (χ3n) is 3.56. The number of carbonyl (C=O) groups is 2. The minimum absolute atomic E-state index is 0.267. The molecule has 0 fully saturated rings.